The van der Waals surface area contributed by atoms with Crippen molar-refractivity contribution in [3.05, 3.63) is 0 Å². The van der Waals surface area contributed by atoms with Gasteiger partial charge in [0.1, 0.15) is 0 Å². The van der Waals surface area contributed by atoms with Gasteiger partial charge in [-0.1, -0.05) is 41.9 Å². The van der Waals surface area contributed by atoms with E-state index in [0.717, 1.165) is 29.7 Å². The van der Waals surface area contributed by atoms with Crippen LogP contribution in [0.4, 0.5) is 0 Å². The predicted octanol–water partition coefficient (Wildman–Crippen LogP) is 3.57. The van der Waals surface area contributed by atoms with E-state index in [4.69, 9.17) is 9.47 Å². The molecule has 0 aliphatic heterocycles. The van der Waals surface area contributed by atoms with E-state index in [2.05, 4.69) is 22.6 Å². The molecule has 0 radical (unpaired) electrons. The summed E-state index contributed by atoms with van der Waals surface area (Å²) in [7, 11) is 0. The second-order valence-corrected chi connectivity index (χ2v) is 6.68. The van der Waals surface area contributed by atoms with Crippen molar-refractivity contribution in [2.24, 2.45) is 5.92 Å². The smallest absolute Gasteiger partial charge is 0.0704 e. The van der Waals surface area contributed by atoms with Crippen molar-refractivity contribution < 1.29 is 9.47 Å². The van der Waals surface area contributed by atoms with Gasteiger partial charge in [-0.3, -0.25) is 0 Å². The topological polar surface area (TPSA) is 18.5 Å². The molecule has 2 aliphatic carbocycles. The number of rotatable bonds is 6. The zero-order valence-corrected chi connectivity index (χ0v) is 12.2. The van der Waals surface area contributed by atoms with Crippen LogP contribution in [0.2, 0.25) is 0 Å². The van der Waals surface area contributed by atoms with Crippen molar-refractivity contribution in [1.29, 1.82) is 0 Å². The molecule has 0 aromatic heterocycles. The zero-order chi connectivity index (χ0) is 11.2. The lowest BCUT2D eigenvalue weighted by Crippen LogP contribution is -2.29. The highest BCUT2D eigenvalue weighted by Gasteiger charge is 2.23. The van der Waals surface area contributed by atoms with Crippen LogP contribution in [0.3, 0.4) is 0 Å². The minimum absolute atomic E-state index is 0.488. The summed E-state index contributed by atoms with van der Waals surface area (Å²) in [4.78, 5) is 0. The first-order chi connectivity index (χ1) is 7.86. The van der Waals surface area contributed by atoms with Crippen LogP contribution in [-0.2, 0) is 9.47 Å². The van der Waals surface area contributed by atoms with Gasteiger partial charge in [0.25, 0.3) is 0 Å². The maximum atomic E-state index is 5.90. The van der Waals surface area contributed by atoms with Crippen LogP contribution in [0, 0.1) is 5.92 Å². The molecule has 3 heteroatoms. The minimum Gasteiger partial charge on any atom is -0.379 e. The van der Waals surface area contributed by atoms with Gasteiger partial charge >= 0.3 is 0 Å². The van der Waals surface area contributed by atoms with Gasteiger partial charge in [-0.2, -0.15) is 0 Å². The first kappa shape index (κ1) is 13.1. The molecule has 0 amide bonds. The van der Waals surface area contributed by atoms with Crippen LogP contribution in [0.5, 0.6) is 0 Å². The maximum Gasteiger partial charge on any atom is 0.0704 e. The summed E-state index contributed by atoms with van der Waals surface area (Å²) >= 11 is 2.54. The molecule has 2 unspecified atom stereocenters. The van der Waals surface area contributed by atoms with Gasteiger partial charge in [-0.15, -0.1) is 0 Å². The van der Waals surface area contributed by atoms with Gasteiger partial charge in [0.2, 0.25) is 0 Å². The molecule has 2 atom stereocenters. The van der Waals surface area contributed by atoms with Crippen LogP contribution in [0.15, 0.2) is 0 Å². The van der Waals surface area contributed by atoms with Gasteiger partial charge < -0.3 is 9.47 Å². The Balaban J connectivity index is 1.46. The molecular weight excluding hydrogens is 315 g/mol. The molecular formula is C13H23IO2. The van der Waals surface area contributed by atoms with E-state index in [9.17, 15) is 0 Å². The summed E-state index contributed by atoms with van der Waals surface area (Å²) in [6, 6.07) is 0. The average Bonchev–Trinajstić information content (AvgIpc) is 2.23. The van der Waals surface area contributed by atoms with Crippen molar-refractivity contribution in [1.82, 2.24) is 0 Å². The number of hydrogen-bond acceptors (Lipinski definition) is 2. The Kier molecular flexibility index (Phi) is 5.86. The van der Waals surface area contributed by atoms with Gasteiger partial charge in [-0.25, -0.2) is 0 Å². The molecule has 0 saturated heterocycles. The molecule has 0 N–H and O–H groups in total. The third-order valence-corrected chi connectivity index (χ3v) is 5.18. The van der Waals surface area contributed by atoms with E-state index in [1.807, 2.05) is 0 Å². The number of ether oxygens (including phenoxy) is 2. The highest BCUT2D eigenvalue weighted by molar-refractivity contribution is 14.1. The number of halogens is 1. The normalized spacial score (nSPS) is 31.3. The molecule has 0 heterocycles. The molecule has 0 aromatic rings. The fourth-order valence-corrected chi connectivity index (χ4v) is 3.41. The van der Waals surface area contributed by atoms with Crippen molar-refractivity contribution in [3.8, 4) is 0 Å². The Labute approximate surface area is 113 Å². The Morgan fingerprint density at radius 1 is 0.938 bits per heavy atom. The molecule has 2 nitrogen and oxygen atoms in total. The van der Waals surface area contributed by atoms with Crippen LogP contribution >= 0.6 is 22.6 Å². The molecule has 16 heavy (non-hydrogen) atoms. The van der Waals surface area contributed by atoms with E-state index in [1.54, 1.807) is 0 Å². The SMILES string of the molecule is IC1CCCCC1OCCOCC1CCC1. The summed E-state index contributed by atoms with van der Waals surface area (Å²) in [6.45, 7) is 2.54. The van der Waals surface area contributed by atoms with Gasteiger partial charge in [0.15, 0.2) is 0 Å². The summed E-state index contributed by atoms with van der Waals surface area (Å²) in [5.41, 5.74) is 0. The molecule has 0 aromatic carbocycles. The predicted molar refractivity (Wildman–Crippen MR) is 74.2 cm³/mol. The number of hydrogen-bond donors (Lipinski definition) is 0. The van der Waals surface area contributed by atoms with Crippen molar-refractivity contribution in [3.63, 3.8) is 0 Å². The molecule has 2 fully saturated rings. The van der Waals surface area contributed by atoms with Gasteiger partial charge in [0, 0.05) is 10.5 Å². The van der Waals surface area contributed by atoms with E-state index in [0.29, 0.717) is 6.10 Å². The Morgan fingerprint density at radius 3 is 2.44 bits per heavy atom. The molecule has 2 rings (SSSR count). The third kappa shape index (κ3) is 4.15. The van der Waals surface area contributed by atoms with Crippen LogP contribution in [-0.4, -0.2) is 29.8 Å². The lowest BCUT2D eigenvalue weighted by Gasteiger charge is -2.28. The highest BCUT2D eigenvalue weighted by Crippen LogP contribution is 2.27. The Bertz CT molecular complexity index is 194. The highest BCUT2D eigenvalue weighted by atomic mass is 127. The van der Waals surface area contributed by atoms with E-state index >= 15 is 0 Å². The average molecular weight is 338 g/mol. The Morgan fingerprint density at radius 2 is 1.75 bits per heavy atom. The summed E-state index contributed by atoms with van der Waals surface area (Å²) in [6.07, 6.45) is 9.94. The summed E-state index contributed by atoms with van der Waals surface area (Å²) in [5.74, 6) is 0.854. The van der Waals surface area contributed by atoms with E-state index in [1.165, 1.54) is 44.9 Å². The summed E-state index contributed by atoms with van der Waals surface area (Å²) < 4.78 is 12.3. The van der Waals surface area contributed by atoms with Crippen LogP contribution in [0.25, 0.3) is 0 Å². The molecule has 0 bridgehead atoms. The van der Waals surface area contributed by atoms with Crippen LogP contribution < -0.4 is 0 Å². The first-order valence-corrected chi connectivity index (χ1v) is 7.94. The third-order valence-electron chi connectivity index (χ3n) is 3.76. The van der Waals surface area contributed by atoms with Crippen LogP contribution in [0.1, 0.15) is 44.9 Å². The monoisotopic (exact) mass is 338 g/mol. The Hall–Kier alpha value is 0.650. The quantitative estimate of drug-likeness (QED) is 0.419. The first-order valence-electron chi connectivity index (χ1n) is 6.69. The zero-order valence-electron chi connectivity index (χ0n) is 10.00. The van der Waals surface area contributed by atoms with Gasteiger partial charge in [0.05, 0.1) is 19.3 Å². The van der Waals surface area contributed by atoms with E-state index < -0.39 is 0 Å². The fraction of sp³-hybridized carbons (Fsp3) is 1.00. The van der Waals surface area contributed by atoms with Crippen molar-refractivity contribution in [2.45, 2.75) is 55.0 Å². The molecule has 2 aliphatic rings. The standard InChI is InChI=1S/C13H23IO2/c14-12-6-1-2-7-13(12)16-9-8-15-10-11-4-3-5-11/h11-13H,1-10H2. The summed E-state index contributed by atoms with van der Waals surface area (Å²) in [5, 5.41) is 0. The number of alkyl halides is 1. The fourth-order valence-electron chi connectivity index (χ4n) is 2.41. The lowest BCUT2D eigenvalue weighted by molar-refractivity contribution is -0.0173. The minimum atomic E-state index is 0.488. The molecule has 0 spiro atoms. The van der Waals surface area contributed by atoms with Gasteiger partial charge in [-0.05, 0) is 31.6 Å². The second-order valence-electron chi connectivity index (χ2n) is 5.08. The van der Waals surface area contributed by atoms with Crippen molar-refractivity contribution >= 4 is 22.6 Å². The lowest BCUT2D eigenvalue weighted by atomic mass is 9.86. The molecule has 94 valence electrons. The van der Waals surface area contributed by atoms with E-state index in [-0.39, 0.29) is 0 Å². The molecule has 2 saturated carbocycles. The second kappa shape index (κ2) is 7.17. The van der Waals surface area contributed by atoms with Crippen molar-refractivity contribution in [2.75, 3.05) is 19.8 Å². The maximum absolute atomic E-state index is 5.90. The largest absolute Gasteiger partial charge is 0.379 e.